The van der Waals surface area contributed by atoms with Crippen molar-refractivity contribution in [2.45, 2.75) is 58.3 Å². The second kappa shape index (κ2) is 12.8. The van der Waals surface area contributed by atoms with Crippen LogP contribution in [0.4, 0.5) is 0 Å². The number of ether oxygens (including phenoxy) is 1. The second-order valence-corrected chi connectivity index (χ2v) is 7.12. The molecule has 0 saturated carbocycles. The lowest BCUT2D eigenvalue weighted by Crippen LogP contribution is -2.18. The summed E-state index contributed by atoms with van der Waals surface area (Å²) in [6, 6.07) is 15.8. The summed E-state index contributed by atoms with van der Waals surface area (Å²) in [5.41, 5.74) is 3.02. The Morgan fingerprint density at radius 3 is 1.93 bits per heavy atom. The normalized spacial score (nSPS) is 11.0. The maximum absolute atomic E-state index is 10.5. The van der Waals surface area contributed by atoms with E-state index in [1.54, 1.807) is 0 Å². The summed E-state index contributed by atoms with van der Waals surface area (Å²) in [7, 11) is 0. The smallest absolute Gasteiger partial charge is 0.119 e. The Hall–Kier alpha value is -2.55. The van der Waals surface area contributed by atoms with Crippen molar-refractivity contribution in [3.8, 4) is 16.9 Å². The fourth-order valence-corrected chi connectivity index (χ4v) is 3.12. The molecule has 0 aromatic heterocycles. The van der Waals surface area contributed by atoms with Crippen molar-refractivity contribution >= 4 is 12.0 Å². The number of unbranched alkanes of at least 4 members (excludes halogenated alkanes) is 7. The summed E-state index contributed by atoms with van der Waals surface area (Å²) < 4.78 is 5.84. The number of carboxylic acid groups (broad SMARTS) is 1. The van der Waals surface area contributed by atoms with Crippen LogP contribution < -0.4 is 9.84 Å². The molecule has 0 N–H and O–H groups in total. The van der Waals surface area contributed by atoms with Crippen molar-refractivity contribution in [3.05, 3.63) is 60.2 Å². The van der Waals surface area contributed by atoms with Crippen LogP contribution in [0.15, 0.2) is 54.6 Å². The number of carboxylic acids is 1. The van der Waals surface area contributed by atoms with Gasteiger partial charge in [-0.05, 0) is 41.3 Å². The molecule has 0 unspecified atom stereocenters. The molecule has 150 valence electrons. The summed E-state index contributed by atoms with van der Waals surface area (Å²) in [6.07, 6.45) is 13.0. The van der Waals surface area contributed by atoms with Crippen LogP contribution in [-0.4, -0.2) is 12.6 Å². The molecular formula is C25H31O3-. The van der Waals surface area contributed by atoms with E-state index in [0.717, 1.165) is 41.5 Å². The third-order valence-electron chi connectivity index (χ3n) is 4.78. The SMILES string of the molecule is CCCCCCCCCCOc1ccc(-c2ccc(/C=C/C(=O)[O-])cc2)cc1. The molecule has 0 spiro atoms. The first-order valence-corrected chi connectivity index (χ1v) is 10.4. The van der Waals surface area contributed by atoms with Crippen molar-refractivity contribution in [1.82, 2.24) is 0 Å². The van der Waals surface area contributed by atoms with Gasteiger partial charge in [-0.3, -0.25) is 0 Å². The number of hydrogen-bond acceptors (Lipinski definition) is 3. The fourth-order valence-electron chi connectivity index (χ4n) is 3.12. The molecule has 0 aliphatic rings. The van der Waals surface area contributed by atoms with Gasteiger partial charge in [0.1, 0.15) is 5.75 Å². The molecule has 0 saturated heterocycles. The number of hydrogen-bond donors (Lipinski definition) is 0. The van der Waals surface area contributed by atoms with Crippen molar-refractivity contribution in [2.24, 2.45) is 0 Å². The minimum atomic E-state index is -1.19. The molecule has 0 amide bonds. The highest BCUT2D eigenvalue weighted by molar-refractivity contribution is 5.83. The van der Waals surface area contributed by atoms with Gasteiger partial charge in [-0.1, -0.05) is 94.3 Å². The van der Waals surface area contributed by atoms with Crippen LogP contribution in [0.1, 0.15) is 63.9 Å². The summed E-state index contributed by atoms with van der Waals surface area (Å²) >= 11 is 0. The van der Waals surface area contributed by atoms with E-state index >= 15 is 0 Å². The highest BCUT2D eigenvalue weighted by Crippen LogP contribution is 2.23. The van der Waals surface area contributed by atoms with E-state index in [4.69, 9.17) is 4.74 Å². The number of carbonyl (C=O) groups is 1. The second-order valence-electron chi connectivity index (χ2n) is 7.12. The summed E-state index contributed by atoms with van der Waals surface area (Å²) in [4.78, 5) is 10.5. The Labute approximate surface area is 169 Å². The molecule has 0 fully saturated rings. The first kappa shape index (κ1) is 21.7. The van der Waals surface area contributed by atoms with Crippen LogP contribution in [0.2, 0.25) is 0 Å². The topological polar surface area (TPSA) is 49.4 Å². The zero-order valence-corrected chi connectivity index (χ0v) is 16.9. The van der Waals surface area contributed by atoms with Crippen LogP contribution in [0.25, 0.3) is 17.2 Å². The van der Waals surface area contributed by atoms with Gasteiger partial charge < -0.3 is 14.6 Å². The minimum absolute atomic E-state index is 0.772. The largest absolute Gasteiger partial charge is 0.545 e. The Morgan fingerprint density at radius 1 is 0.821 bits per heavy atom. The molecule has 2 aromatic carbocycles. The Kier molecular flexibility index (Phi) is 9.92. The van der Waals surface area contributed by atoms with Gasteiger partial charge in [0.2, 0.25) is 0 Å². The highest BCUT2D eigenvalue weighted by atomic mass is 16.5. The van der Waals surface area contributed by atoms with E-state index in [1.165, 1.54) is 51.0 Å². The summed E-state index contributed by atoms with van der Waals surface area (Å²) in [5.74, 6) is -0.285. The van der Waals surface area contributed by atoms with Crippen molar-refractivity contribution in [3.63, 3.8) is 0 Å². The van der Waals surface area contributed by atoms with Gasteiger partial charge in [0, 0.05) is 0 Å². The first-order valence-electron chi connectivity index (χ1n) is 10.4. The third kappa shape index (κ3) is 8.43. The molecule has 3 nitrogen and oxygen atoms in total. The lowest BCUT2D eigenvalue weighted by atomic mass is 10.0. The minimum Gasteiger partial charge on any atom is -0.545 e. The van der Waals surface area contributed by atoms with E-state index in [0.29, 0.717) is 0 Å². The van der Waals surface area contributed by atoms with Gasteiger partial charge >= 0.3 is 0 Å². The van der Waals surface area contributed by atoms with E-state index in [9.17, 15) is 9.90 Å². The van der Waals surface area contributed by atoms with Gasteiger partial charge in [0.15, 0.2) is 0 Å². The Bertz CT molecular complexity index is 714. The van der Waals surface area contributed by atoms with Crippen LogP contribution in [0.3, 0.4) is 0 Å². The average Bonchev–Trinajstić information content (AvgIpc) is 2.72. The third-order valence-corrected chi connectivity index (χ3v) is 4.78. The van der Waals surface area contributed by atoms with Crippen molar-refractivity contribution < 1.29 is 14.6 Å². The van der Waals surface area contributed by atoms with Gasteiger partial charge in [0.25, 0.3) is 0 Å². The molecule has 3 heteroatoms. The van der Waals surface area contributed by atoms with Crippen LogP contribution in [0, 0.1) is 0 Å². The molecule has 0 bridgehead atoms. The van der Waals surface area contributed by atoms with E-state index < -0.39 is 5.97 Å². The van der Waals surface area contributed by atoms with Gasteiger partial charge in [0.05, 0.1) is 12.6 Å². The maximum Gasteiger partial charge on any atom is 0.119 e. The quantitative estimate of drug-likeness (QED) is 0.334. The molecule has 2 rings (SSSR count). The first-order chi connectivity index (χ1) is 13.7. The van der Waals surface area contributed by atoms with E-state index in [2.05, 4.69) is 19.1 Å². The van der Waals surface area contributed by atoms with Crippen molar-refractivity contribution in [1.29, 1.82) is 0 Å². The monoisotopic (exact) mass is 379 g/mol. The van der Waals surface area contributed by atoms with E-state index in [-0.39, 0.29) is 0 Å². The van der Waals surface area contributed by atoms with Gasteiger partial charge in [-0.15, -0.1) is 0 Å². The summed E-state index contributed by atoms with van der Waals surface area (Å²) in [5, 5.41) is 10.5. The highest BCUT2D eigenvalue weighted by Gasteiger charge is 2.00. The molecule has 28 heavy (non-hydrogen) atoms. The summed E-state index contributed by atoms with van der Waals surface area (Å²) in [6.45, 7) is 3.02. The molecule has 0 aliphatic heterocycles. The lowest BCUT2D eigenvalue weighted by Gasteiger charge is -2.08. The van der Waals surface area contributed by atoms with Crippen molar-refractivity contribution in [2.75, 3.05) is 6.61 Å². The Balaban J connectivity index is 1.70. The number of aliphatic carboxylic acids is 1. The van der Waals surface area contributed by atoms with E-state index in [1.807, 2.05) is 36.4 Å². The molecule has 0 radical (unpaired) electrons. The fraction of sp³-hybridized carbons (Fsp3) is 0.400. The predicted octanol–water partition coefficient (Wildman–Crippen LogP) is 5.64. The van der Waals surface area contributed by atoms with Gasteiger partial charge in [-0.2, -0.15) is 0 Å². The molecule has 0 atom stereocenters. The number of carbonyl (C=O) groups excluding carboxylic acids is 1. The van der Waals surface area contributed by atoms with Crippen LogP contribution >= 0.6 is 0 Å². The molecular weight excluding hydrogens is 348 g/mol. The predicted molar refractivity (Wildman–Crippen MR) is 114 cm³/mol. The maximum atomic E-state index is 10.5. The molecule has 0 heterocycles. The molecule has 2 aromatic rings. The zero-order chi connectivity index (χ0) is 20.0. The van der Waals surface area contributed by atoms with Crippen LogP contribution in [0.5, 0.6) is 5.75 Å². The van der Waals surface area contributed by atoms with Crippen LogP contribution in [-0.2, 0) is 4.79 Å². The molecule has 0 aliphatic carbocycles. The average molecular weight is 380 g/mol. The lowest BCUT2D eigenvalue weighted by molar-refractivity contribution is -0.297. The zero-order valence-electron chi connectivity index (χ0n) is 16.9. The standard InChI is InChI=1S/C25H32O3/c1-2-3-4-5-6-7-8-9-20-28-24-17-15-23(16-18-24)22-13-10-21(11-14-22)12-19-25(26)27/h10-19H,2-9,20H2,1H3,(H,26,27)/p-1/b19-12+. The number of benzene rings is 2. The Morgan fingerprint density at radius 2 is 1.36 bits per heavy atom. The van der Waals surface area contributed by atoms with Gasteiger partial charge in [-0.25, -0.2) is 0 Å². The number of rotatable bonds is 13.